The predicted molar refractivity (Wildman–Crippen MR) is 142 cm³/mol. The Kier molecular flexibility index (Phi) is 8.02. The van der Waals surface area contributed by atoms with E-state index in [9.17, 15) is 18.8 Å². The molecule has 2 aromatic heterocycles. The molecule has 0 aliphatic heterocycles. The summed E-state index contributed by atoms with van der Waals surface area (Å²) in [6.45, 7) is 3.17. The van der Waals surface area contributed by atoms with E-state index in [0.29, 0.717) is 10.9 Å². The molecule has 3 N–H and O–H groups in total. The second-order valence-electron chi connectivity index (χ2n) is 9.00. The van der Waals surface area contributed by atoms with Crippen LogP contribution in [0.2, 0.25) is 5.02 Å². The number of rotatable bonds is 9. The molecule has 9 nitrogen and oxygen atoms in total. The third-order valence-electron chi connectivity index (χ3n) is 6.11. The third kappa shape index (κ3) is 5.81. The van der Waals surface area contributed by atoms with E-state index in [4.69, 9.17) is 17.3 Å². The van der Waals surface area contributed by atoms with E-state index >= 15 is 0 Å². The highest BCUT2D eigenvalue weighted by Gasteiger charge is 2.23. The maximum Gasteiger partial charge on any atom is 0.250 e. The lowest BCUT2D eigenvalue weighted by molar-refractivity contribution is -0.138. The Morgan fingerprint density at radius 2 is 1.87 bits per heavy atom. The second-order valence-corrected chi connectivity index (χ2v) is 9.41. The Morgan fingerprint density at radius 3 is 2.55 bits per heavy atom. The van der Waals surface area contributed by atoms with Crippen LogP contribution in [0.25, 0.3) is 22.0 Å². The molecule has 0 aliphatic rings. The highest BCUT2D eigenvalue weighted by molar-refractivity contribution is 6.30. The molecule has 2 aromatic carbocycles. The summed E-state index contributed by atoms with van der Waals surface area (Å²) in [4.78, 5) is 47.6. The summed E-state index contributed by atoms with van der Waals surface area (Å²) in [5, 5.41) is 3.19. The van der Waals surface area contributed by atoms with Gasteiger partial charge in [-0.25, -0.2) is 14.4 Å². The first kappa shape index (κ1) is 26.7. The first-order valence-electron chi connectivity index (χ1n) is 11.8. The van der Waals surface area contributed by atoms with Gasteiger partial charge in [-0.1, -0.05) is 29.8 Å². The van der Waals surface area contributed by atoms with Crippen LogP contribution in [0.5, 0.6) is 0 Å². The zero-order valence-electron chi connectivity index (χ0n) is 20.8. The fraction of sp³-hybridized carbons (Fsp3) is 0.222. The zero-order chi connectivity index (χ0) is 27.4. The smallest absolute Gasteiger partial charge is 0.250 e. The fourth-order valence-electron chi connectivity index (χ4n) is 4.14. The van der Waals surface area contributed by atoms with Crippen LogP contribution >= 0.6 is 11.6 Å². The van der Waals surface area contributed by atoms with Gasteiger partial charge in [0.15, 0.2) is 0 Å². The first-order valence-corrected chi connectivity index (χ1v) is 12.2. The molecular formula is C27H26ClFN6O3. The summed E-state index contributed by atoms with van der Waals surface area (Å²) in [5.41, 5.74) is 8.33. The van der Waals surface area contributed by atoms with Crippen molar-refractivity contribution in [2.45, 2.75) is 33.0 Å². The molecule has 3 amide bonds. The number of halogens is 2. The number of nitrogens with zero attached hydrogens (tertiary/aromatic N) is 4. The normalized spacial score (nSPS) is 11.1. The fourth-order valence-corrected chi connectivity index (χ4v) is 4.33. The zero-order valence-corrected chi connectivity index (χ0v) is 21.6. The molecule has 0 radical (unpaired) electrons. The minimum absolute atomic E-state index is 0.0331. The molecule has 0 atom stereocenters. The summed E-state index contributed by atoms with van der Waals surface area (Å²) < 4.78 is 15.8. The van der Waals surface area contributed by atoms with Gasteiger partial charge in [-0.3, -0.25) is 14.4 Å². The van der Waals surface area contributed by atoms with Gasteiger partial charge in [0.25, 0.3) is 5.91 Å². The molecule has 11 heteroatoms. The van der Waals surface area contributed by atoms with Gasteiger partial charge in [-0.15, -0.1) is 0 Å². The average molecular weight is 537 g/mol. The minimum atomic E-state index is -0.629. The SMILES string of the molecule is CC(C)N(CC(=O)NCc1cccc(Cl)c1F)C(=O)Cn1cc(C(N)=O)c2cc(-c3cncnc3)ccc21. The van der Waals surface area contributed by atoms with Crippen molar-refractivity contribution in [2.75, 3.05) is 6.54 Å². The largest absolute Gasteiger partial charge is 0.366 e. The van der Waals surface area contributed by atoms with Gasteiger partial charge in [-0.2, -0.15) is 0 Å². The van der Waals surface area contributed by atoms with E-state index in [-0.39, 0.29) is 47.7 Å². The van der Waals surface area contributed by atoms with E-state index in [2.05, 4.69) is 15.3 Å². The van der Waals surface area contributed by atoms with E-state index in [1.165, 1.54) is 29.6 Å². The number of hydrogen-bond donors (Lipinski definition) is 2. The maximum atomic E-state index is 14.1. The van der Waals surface area contributed by atoms with Crippen LogP contribution in [0.15, 0.2) is 61.3 Å². The van der Waals surface area contributed by atoms with Crippen LogP contribution in [0.3, 0.4) is 0 Å². The van der Waals surface area contributed by atoms with Crippen molar-refractivity contribution in [1.29, 1.82) is 0 Å². The average Bonchev–Trinajstić information content (AvgIpc) is 3.26. The minimum Gasteiger partial charge on any atom is -0.366 e. The Bertz CT molecular complexity index is 1510. The summed E-state index contributed by atoms with van der Waals surface area (Å²) in [7, 11) is 0. The molecule has 0 aliphatic carbocycles. The highest BCUT2D eigenvalue weighted by Crippen LogP contribution is 2.28. The van der Waals surface area contributed by atoms with Crippen LogP contribution in [0.4, 0.5) is 4.39 Å². The van der Waals surface area contributed by atoms with E-state index in [1.807, 2.05) is 6.07 Å². The number of benzene rings is 2. The van der Waals surface area contributed by atoms with Gasteiger partial charge < -0.3 is 20.5 Å². The molecule has 0 unspecified atom stereocenters. The number of primary amides is 1. The van der Waals surface area contributed by atoms with E-state index in [1.54, 1.807) is 49.0 Å². The summed E-state index contributed by atoms with van der Waals surface area (Å²) >= 11 is 5.80. The molecule has 0 bridgehead atoms. The van der Waals surface area contributed by atoms with Crippen molar-refractivity contribution in [3.63, 3.8) is 0 Å². The van der Waals surface area contributed by atoms with Gasteiger partial charge in [0.05, 0.1) is 17.1 Å². The highest BCUT2D eigenvalue weighted by atomic mass is 35.5. The summed E-state index contributed by atoms with van der Waals surface area (Å²) in [5.74, 6) is -2.01. The first-order chi connectivity index (χ1) is 18.2. The van der Waals surface area contributed by atoms with Gasteiger partial charge in [-0.05, 0) is 37.6 Å². The molecule has 2 heterocycles. The molecule has 0 fully saturated rings. The Labute approximate surface area is 223 Å². The van der Waals surface area contributed by atoms with Crippen LogP contribution in [-0.2, 0) is 22.7 Å². The van der Waals surface area contributed by atoms with Gasteiger partial charge in [0.1, 0.15) is 18.7 Å². The molecular weight excluding hydrogens is 511 g/mol. The number of hydrogen-bond acceptors (Lipinski definition) is 5. The third-order valence-corrected chi connectivity index (χ3v) is 6.40. The van der Waals surface area contributed by atoms with Crippen LogP contribution in [-0.4, -0.2) is 49.7 Å². The Balaban J connectivity index is 1.52. The lowest BCUT2D eigenvalue weighted by Crippen LogP contribution is -2.45. The Hall–Kier alpha value is -4.31. The number of amides is 3. The summed E-state index contributed by atoms with van der Waals surface area (Å²) in [6.07, 6.45) is 6.28. The van der Waals surface area contributed by atoms with Crippen LogP contribution in [0, 0.1) is 5.82 Å². The van der Waals surface area contributed by atoms with Crippen molar-refractivity contribution in [1.82, 2.24) is 24.8 Å². The standard InChI is InChI=1S/C27H26ClFN6O3/c1-16(2)35(13-24(36)33-11-18-4-3-5-22(28)26(18)29)25(37)14-34-12-21(27(30)38)20-8-17(6-7-23(20)34)19-9-31-15-32-10-19/h3-10,12,15-16H,11,13-14H2,1-2H3,(H2,30,38)(H,33,36). The van der Waals surface area contributed by atoms with Crippen molar-refractivity contribution in [3.8, 4) is 11.1 Å². The number of carbonyl (C=O) groups is 3. The second kappa shape index (κ2) is 11.4. The molecule has 4 rings (SSSR count). The number of fused-ring (bicyclic) bond motifs is 1. The number of carbonyl (C=O) groups excluding carboxylic acids is 3. The lowest BCUT2D eigenvalue weighted by Gasteiger charge is -2.26. The van der Waals surface area contributed by atoms with Gasteiger partial charge in [0.2, 0.25) is 11.8 Å². The predicted octanol–water partition coefficient (Wildman–Crippen LogP) is 3.54. The van der Waals surface area contributed by atoms with Crippen LogP contribution in [0.1, 0.15) is 29.8 Å². The lowest BCUT2D eigenvalue weighted by atomic mass is 10.0. The van der Waals surface area contributed by atoms with Gasteiger partial charge >= 0.3 is 0 Å². The number of nitrogens with two attached hydrogens (primary N) is 1. The van der Waals surface area contributed by atoms with Gasteiger partial charge in [0, 0.05) is 53.2 Å². The molecule has 4 aromatic rings. The van der Waals surface area contributed by atoms with Crippen molar-refractivity contribution in [3.05, 3.63) is 83.3 Å². The number of aromatic nitrogens is 3. The Morgan fingerprint density at radius 1 is 1.13 bits per heavy atom. The van der Waals surface area contributed by atoms with E-state index < -0.39 is 17.6 Å². The van der Waals surface area contributed by atoms with Crippen molar-refractivity contribution in [2.24, 2.45) is 5.73 Å². The van der Waals surface area contributed by atoms with Crippen molar-refractivity contribution < 1.29 is 18.8 Å². The molecule has 0 spiro atoms. The summed E-state index contributed by atoms with van der Waals surface area (Å²) in [6, 6.07) is 9.69. The maximum absolute atomic E-state index is 14.1. The molecule has 0 saturated carbocycles. The van der Waals surface area contributed by atoms with Crippen LogP contribution < -0.4 is 11.1 Å². The quantitative estimate of drug-likeness (QED) is 0.339. The number of nitrogens with one attached hydrogen (secondary N) is 1. The topological polar surface area (TPSA) is 123 Å². The molecule has 196 valence electrons. The van der Waals surface area contributed by atoms with Crippen molar-refractivity contribution >= 4 is 40.2 Å². The molecule has 38 heavy (non-hydrogen) atoms. The van der Waals surface area contributed by atoms with E-state index in [0.717, 1.165) is 11.1 Å². The monoisotopic (exact) mass is 536 g/mol. The molecule has 0 saturated heterocycles.